The predicted octanol–water partition coefficient (Wildman–Crippen LogP) is 6.17. The second-order valence-electron chi connectivity index (χ2n) is 5.73. The number of hydrogen-bond acceptors (Lipinski definition) is 1. The topological polar surface area (TPSA) is 0 Å². The van der Waals surface area contributed by atoms with Crippen LogP contribution in [0, 0.1) is 0 Å². The molecule has 0 bridgehead atoms. The lowest BCUT2D eigenvalue weighted by atomic mass is 9.85. The molecule has 98 valence electrons. The summed E-state index contributed by atoms with van der Waals surface area (Å²) < 4.78 is 0. The van der Waals surface area contributed by atoms with Crippen LogP contribution in [-0.4, -0.2) is 0 Å². The van der Waals surface area contributed by atoms with Crippen molar-refractivity contribution in [1.29, 1.82) is 0 Å². The molecule has 0 spiro atoms. The Kier molecular flexibility index (Phi) is 6.87. The summed E-state index contributed by atoms with van der Waals surface area (Å²) in [5, 5.41) is 2.20. The van der Waals surface area contributed by atoms with Crippen LogP contribution >= 0.6 is 11.3 Å². The van der Waals surface area contributed by atoms with Gasteiger partial charge in [-0.05, 0) is 23.3 Å². The van der Waals surface area contributed by atoms with Crippen molar-refractivity contribution in [1.82, 2.24) is 0 Å². The minimum absolute atomic E-state index is 0.386. The molecule has 0 unspecified atom stereocenters. The molecule has 0 N–H and O–H groups in total. The fraction of sp³-hybridized carbons (Fsp3) is 0.750. The summed E-state index contributed by atoms with van der Waals surface area (Å²) in [4.78, 5) is 1.54. The molecule has 1 aromatic rings. The number of thiophene rings is 1. The van der Waals surface area contributed by atoms with Crippen molar-refractivity contribution in [2.45, 2.75) is 77.6 Å². The lowest BCUT2D eigenvalue weighted by molar-refractivity contribution is 0.449. The van der Waals surface area contributed by atoms with E-state index in [0.717, 1.165) is 0 Å². The molecule has 0 saturated carbocycles. The molecule has 0 aliphatic carbocycles. The van der Waals surface area contributed by atoms with E-state index in [4.69, 9.17) is 0 Å². The standard InChI is InChI=1S/C16H28S/c1-4-5-6-7-8-9-10-13-16(2,3)15-12-11-14-17-15/h11-12,14H,4-10,13H2,1-3H3. The van der Waals surface area contributed by atoms with Gasteiger partial charge in [-0.1, -0.05) is 71.8 Å². The van der Waals surface area contributed by atoms with Gasteiger partial charge in [0.05, 0.1) is 0 Å². The molecular formula is C16H28S. The summed E-state index contributed by atoms with van der Waals surface area (Å²) in [5.41, 5.74) is 0.386. The summed E-state index contributed by atoms with van der Waals surface area (Å²) in [6.07, 6.45) is 11.2. The van der Waals surface area contributed by atoms with E-state index in [2.05, 4.69) is 38.3 Å². The van der Waals surface area contributed by atoms with Crippen molar-refractivity contribution in [3.05, 3.63) is 22.4 Å². The zero-order valence-corrected chi connectivity index (χ0v) is 12.6. The summed E-state index contributed by atoms with van der Waals surface area (Å²) in [6, 6.07) is 4.46. The SMILES string of the molecule is CCCCCCCCCC(C)(C)c1cccs1. The van der Waals surface area contributed by atoms with Crippen molar-refractivity contribution in [3.8, 4) is 0 Å². The summed E-state index contributed by atoms with van der Waals surface area (Å²) in [6.45, 7) is 7.05. The number of hydrogen-bond donors (Lipinski definition) is 0. The zero-order valence-electron chi connectivity index (χ0n) is 11.8. The first-order valence-corrected chi connectivity index (χ1v) is 8.09. The van der Waals surface area contributed by atoms with E-state index in [1.807, 2.05) is 11.3 Å². The van der Waals surface area contributed by atoms with E-state index in [0.29, 0.717) is 5.41 Å². The molecule has 0 radical (unpaired) electrons. The molecule has 0 nitrogen and oxygen atoms in total. The van der Waals surface area contributed by atoms with E-state index in [9.17, 15) is 0 Å². The molecule has 0 aromatic carbocycles. The van der Waals surface area contributed by atoms with Gasteiger partial charge in [-0.2, -0.15) is 0 Å². The zero-order chi connectivity index (χ0) is 12.6. The molecule has 1 aromatic heterocycles. The average molecular weight is 252 g/mol. The van der Waals surface area contributed by atoms with E-state index in [1.54, 1.807) is 4.88 Å². The lowest BCUT2D eigenvalue weighted by Crippen LogP contribution is -2.14. The summed E-state index contributed by atoms with van der Waals surface area (Å²) in [5.74, 6) is 0. The van der Waals surface area contributed by atoms with Crippen LogP contribution in [0.4, 0.5) is 0 Å². The van der Waals surface area contributed by atoms with Crippen LogP contribution in [-0.2, 0) is 5.41 Å². The maximum atomic E-state index is 2.38. The molecule has 1 heteroatoms. The van der Waals surface area contributed by atoms with Gasteiger partial charge >= 0.3 is 0 Å². The Morgan fingerprint density at radius 3 is 2.24 bits per heavy atom. The van der Waals surface area contributed by atoms with E-state index in [-0.39, 0.29) is 0 Å². The Morgan fingerprint density at radius 2 is 1.65 bits per heavy atom. The third kappa shape index (κ3) is 5.72. The van der Waals surface area contributed by atoms with Gasteiger partial charge in [0, 0.05) is 4.88 Å². The summed E-state index contributed by atoms with van der Waals surface area (Å²) in [7, 11) is 0. The Hall–Kier alpha value is -0.300. The van der Waals surface area contributed by atoms with Gasteiger partial charge in [0.2, 0.25) is 0 Å². The molecule has 0 aliphatic heterocycles. The normalized spacial score (nSPS) is 11.9. The number of unbranched alkanes of at least 4 members (excludes halogenated alkanes) is 6. The molecule has 17 heavy (non-hydrogen) atoms. The first kappa shape index (κ1) is 14.8. The van der Waals surface area contributed by atoms with Crippen LogP contribution in [0.3, 0.4) is 0 Å². The van der Waals surface area contributed by atoms with Crippen molar-refractivity contribution < 1.29 is 0 Å². The molecule has 0 fully saturated rings. The first-order valence-electron chi connectivity index (χ1n) is 7.21. The predicted molar refractivity (Wildman–Crippen MR) is 80.0 cm³/mol. The highest BCUT2D eigenvalue weighted by Crippen LogP contribution is 2.32. The van der Waals surface area contributed by atoms with Crippen LogP contribution in [0.2, 0.25) is 0 Å². The molecule has 0 aliphatic rings. The Morgan fingerprint density at radius 1 is 1.00 bits per heavy atom. The fourth-order valence-corrected chi connectivity index (χ4v) is 3.19. The van der Waals surface area contributed by atoms with Gasteiger partial charge < -0.3 is 0 Å². The molecule has 0 amide bonds. The fourth-order valence-electron chi connectivity index (χ4n) is 2.31. The molecule has 1 rings (SSSR count). The third-order valence-corrected chi connectivity index (χ3v) is 4.83. The van der Waals surface area contributed by atoms with Crippen molar-refractivity contribution in [2.24, 2.45) is 0 Å². The molecule has 0 saturated heterocycles. The van der Waals surface area contributed by atoms with Crippen LogP contribution in [0.25, 0.3) is 0 Å². The smallest absolute Gasteiger partial charge is 0.0101 e. The average Bonchev–Trinajstić information content (AvgIpc) is 2.82. The highest BCUT2D eigenvalue weighted by Gasteiger charge is 2.20. The number of rotatable bonds is 9. The second kappa shape index (κ2) is 7.92. The Balaban J connectivity index is 2.10. The van der Waals surface area contributed by atoms with Crippen LogP contribution in [0.15, 0.2) is 17.5 Å². The van der Waals surface area contributed by atoms with Gasteiger partial charge in [0.1, 0.15) is 0 Å². The highest BCUT2D eigenvalue weighted by molar-refractivity contribution is 7.10. The highest BCUT2D eigenvalue weighted by atomic mass is 32.1. The maximum absolute atomic E-state index is 2.38. The third-order valence-electron chi connectivity index (χ3n) is 3.59. The van der Waals surface area contributed by atoms with Gasteiger partial charge in [-0.3, -0.25) is 0 Å². The van der Waals surface area contributed by atoms with E-state index >= 15 is 0 Å². The van der Waals surface area contributed by atoms with Gasteiger partial charge in [0.15, 0.2) is 0 Å². The van der Waals surface area contributed by atoms with Crippen molar-refractivity contribution in [2.75, 3.05) is 0 Å². The van der Waals surface area contributed by atoms with Gasteiger partial charge in [-0.15, -0.1) is 11.3 Å². The minimum Gasteiger partial charge on any atom is -0.148 e. The Labute approximate surface area is 111 Å². The van der Waals surface area contributed by atoms with Crippen molar-refractivity contribution in [3.63, 3.8) is 0 Å². The Bertz CT molecular complexity index is 272. The largest absolute Gasteiger partial charge is 0.148 e. The van der Waals surface area contributed by atoms with Crippen LogP contribution in [0.5, 0.6) is 0 Å². The molecular weight excluding hydrogens is 224 g/mol. The van der Waals surface area contributed by atoms with Crippen LogP contribution in [0.1, 0.15) is 77.0 Å². The molecule has 1 heterocycles. The first-order chi connectivity index (χ1) is 8.17. The van der Waals surface area contributed by atoms with Crippen LogP contribution < -0.4 is 0 Å². The molecule has 0 atom stereocenters. The minimum atomic E-state index is 0.386. The quantitative estimate of drug-likeness (QED) is 0.461. The maximum Gasteiger partial charge on any atom is 0.0101 e. The van der Waals surface area contributed by atoms with E-state index < -0.39 is 0 Å². The monoisotopic (exact) mass is 252 g/mol. The van der Waals surface area contributed by atoms with E-state index in [1.165, 1.54) is 51.4 Å². The van der Waals surface area contributed by atoms with Gasteiger partial charge in [-0.25, -0.2) is 0 Å². The summed E-state index contributed by atoms with van der Waals surface area (Å²) >= 11 is 1.90. The lowest BCUT2D eigenvalue weighted by Gasteiger charge is -2.23. The second-order valence-corrected chi connectivity index (χ2v) is 6.68. The van der Waals surface area contributed by atoms with Gasteiger partial charge in [0.25, 0.3) is 0 Å². The van der Waals surface area contributed by atoms with Crippen molar-refractivity contribution >= 4 is 11.3 Å².